The average molecular weight is 382 g/mol. The monoisotopic (exact) mass is 382 g/mol. The van der Waals surface area contributed by atoms with Crippen LogP contribution >= 0.6 is 0 Å². The number of rotatable bonds is 7. The number of hydrogen-bond donors (Lipinski definition) is 2. The smallest absolute Gasteiger partial charge is 0.329 e. The molecule has 0 bridgehead atoms. The van der Waals surface area contributed by atoms with E-state index in [1.807, 2.05) is 0 Å². The Kier molecular flexibility index (Phi) is 6.28. The molecule has 2 rings (SSSR count). The van der Waals surface area contributed by atoms with E-state index in [0.29, 0.717) is 24.9 Å². The molecule has 0 radical (unpaired) electrons. The van der Waals surface area contributed by atoms with Gasteiger partial charge in [0.15, 0.2) is 0 Å². The van der Waals surface area contributed by atoms with Crippen LogP contribution in [0.1, 0.15) is 55.8 Å². The summed E-state index contributed by atoms with van der Waals surface area (Å²) in [5, 5.41) is 9.74. The van der Waals surface area contributed by atoms with Gasteiger partial charge in [-0.15, -0.1) is 0 Å². The first-order chi connectivity index (χ1) is 12.2. The van der Waals surface area contributed by atoms with Crippen LogP contribution in [0.25, 0.3) is 0 Å². The molecule has 1 saturated carbocycles. The lowest BCUT2D eigenvalue weighted by Gasteiger charge is -2.41. The molecule has 1 fully saturated rings. The number of hydrogen-bond acceptors (Lipinski definition) is 4. The highest BCUT2D eigenvalue weighted by molar-refractivity contribution is 7.92. The van der Waals surface area contributed by atoms with Crippen molar-refractivity contribution in [3.8, 4) is 0 Å². The van der Waals surface area contributed by atoms with E-state index in [9.17, 15) is 23.1 Å². The van der Waals surface area contributed by atoms with E-state index in [0.717, 1.165) is 19.3 Å². The van der Waals surface area contributed by atoms with Gasteiger partial charge in [0.1, 0.15) is 5.54 Å². The third-order valence-corrected chi connectivity index (χ3v) is 6.37. The molecule has 0 unspecified atom stereocenters. The van der Waals surface area contributed by atoms with Gasteiger partial charge in [0, 0.05) is 18.3 Å². The third kappa shape index (κ3) is 4.35. The molecule has 0 heterocycles. The van der Waals surface area contributed by atoms with Crippen LogP contribution in [0.4, 0.5) is 5.69 Å². The summed E-state index contributed by atoms with van der Waals surface area (Å²) in [6, 6.07) is 6.16. The molecular weight excluding hydrogens is 356 g/mol. The quantitative estimate of drug-likeness (QED) is 0.754. The predicted molar refractivity (Wildman–Crippen MR) is 99.7 cm³/mol. The van der Waals surface area contributed by atoms with Crippen molar-refractivity contribution in [1.82, 2.24) is 4.90 Å². The number of likely N-dealkylation sites (N-methyl/N-ethyl adjacent to an activating group) is 1. The molecule has 1 aliphatic carbocycles. The fourth-order valence-electron chi connectivity index (χ4n) is 3.43. The molecular formula is C18H26N2O5S. The van der Waals surface area contributed by atoms with E-state index in [4.69, 9.17) is 0 Å². The van der Waals surface area contributed by atoms with E-state index in [-0.39, 0.29) is 11.3 Å². The Balaban J connectivity index is 2.26. The van der Waals surface area contributed by atoms with Gasteiger partial charge >= 0.3 is 5.97 Å². The molecule has 0 atom stereocenters. The Morgan fingerprint density at radius 1 is 1.23 bits per heavy atom. The minimum atomic E-state index is -3.46. The van der Waals surface area contributed by atoms with Crippen molar-refractivity contribution < 1.29 is 23.1 Å². The Hall–Kier alpha value is -2.09. The predicted octanol–water partition coefficient (Wildman–Crippen LogP) is 2.70. The van der Waals surface area contributed by atoms with Gasteiger partial charge in [-0.25, -0.2) is 13.2 Å². The minimum absolute atomic E-state index is 0.00674. The molecule has 1 amide bonds. The summed E-state index contributed by atoms with van der Waals surface area (Å²) in [5.41, 5.74) is -0.645. The maximum atomic E-state index is 12.9. The molecule has 26 heavy (non-hydrogen) atoms. The van der Waals surface area contributed by atoms with Crippen molar-refractivity contribution in [2.45, 2.75) is 51.0 Å². The fourth-order valence-corrected chi connectivity index (χ4v) is 4.56. The first-order valence-corrected chi connectivity index (χ1v) is 10.5. The van der Waals surface area contributed by atoms with Crippen LogP contribution in [0, 0.1) is 0 Å². The highest BCUT2D eigenvalue weighted by Gasteiger charge is 2.45. The lowest BCUT2D eigenvalue weighted by molar-refractivity contribution is -0.151. The second-order valence-electron chi connectivity index (χ2n) is 6.76. The summed E-state index contributed by atoms with van der Waals surface area (Å²) in [6.07, 6.45) is 3.83. The number of benzene rings is 1. The molecule has 0 aliphatic heterocycles. The molecule has 0 saturated heterocycles. The first kappa shape index (κ1) is 20.2. The van der Waals surface area contributed by atoms with Crippen LogP contribution in [0.15, 0.2) is 24.3 Å². The SMILES string of the molecule is CCCS(=O)(=O)Nc1cccc(C(=O)N(C)C2(C(=O)O)CCCCC2)c1. The zero-order valence-corrected chi connectivity index (χ0v) is 16.0. The van der Waals surface area contributed by atoms with E-state index >= 15 is 0 Å². The molecule has 0 spiro atoms. The van der Waals surface area contributed by atoms with E-state index in [1.54, 1.807) is 25.1 Å². The van der Waals surface area contributed by atoms with Crippen LogP contribution in [-0.2, 0) is 14.8 Å². The van der Waals surface area contributed by atoms with Crippen LogP contribution < -0.4 is 4.72 Å². The number of anilines is 1. The van der Waals surface area contributed by atoms with E-state index in [1.165, 1.54) is 18.0 Å². The molecule has 7 nitrogen and oxygen atoms in total. The summed E-state index contributed by atoms with van der Waals surface area (Å²) in [5.74, 6) is -1.42. The normalized spacial score (nSPS) is 16.7. The summed E-state index contributed by atoms with van der Waals surface area (Å²) >= 11 is 0. The summed E-state index contributed by atoms with van der Waals surface area (Å²) in [6.45, 7) is 1.77. The van der Waals surface area contributed by atoms with Crippen LogP contribution in [0.3, 0.4) is 0 Å². The molecule has 8 heteroatoms. The van der Waals surface area contributed by atoms with E-state index < -0.39 is 27.4 Å². The van der Waals surface area contributed by atoms with Gasteiger partial charge in [-0.1, -0.05) is 32.3 Å². The highest BCUT2D eigenvalue weighted by Crippen LogP contribution is 2.34. The standard InChI is InChI=1S/C18H26N2O5S/c1-3-12-26(24,25)19-15-9-7-8-14(13-15)16(21)20(2)18(17(22)23)10-5-4-6-11-18/h7-9,13,19H,3-6,10-12H2,1-2H3,(H,22,23). The van der Waals surface area contributed by atoms with Gasteiger partial charge in [-0.05, 0) is 37.5 Å². The summed E-state index contributed by atoms with van der Waals surface area (Å²) in [7, 11) is -1.95. The van der Waals surface area contributed by atoms with Crippen molar-refractivity contribution in [2.24, 2.45) is 0 Å². The topological polar surface area (TPSA) is 104 Å². The van der Waals surface area contributed by atoms with Crippen molar-refractivity contribution in [1.29, 1.82) is 0 Å². The van der Waals surface area contributed by atoms with Crippen molar-refractivity contribution in [3.63, 3.8) is 0 Å². The van der Waals surface area contributed by atoms with Gasteiger partial charge in [-0.3, -0.25) is 9.52 Å². The maximum Gasteiger partial charge on any atom is 0.329 e. The molecule has 1 aromatic rings. The maximum absolute atomic E-state index is 12.9. The zero-order chi connectivity index (χ0) is 19.4. The molecule has 1 aromatic carbocycles. The molecule has 0 aromatic heterocycles. The fraction of sp³-hybridized carbons (Fsp3) is 0.556. The Morgan fingerprint density at radius 2 is 1.88 bits per heavy atom. The van der Waals surface area contributed by atoms with Gasteiger partial charge in [0.2, 0.25) is 10.0 Å². The number of aliphatic carboxylic acids is 1. The van der Waals surface area contributed by atoms with Crippen LogP contribution in [-0.4, -0.2) is 48.6 Å². The molecule has 2 N–H and O–H groups in total. The van der Waals surface area contributed by atoms with Crippen LogP contribution in [0.5, 0.6) is 0 Å². The lowest BCUT2D eigenvalue weighted by Crippen LogP contribution is -2.56. The lowest BCUT2D eigenvalue weighted by atomic mass is 9.80. The van der Waals surface area contributed by atoms with Gasteiger partial charge in [-0.2, -0.15) is 0 Å². The van der Waals surface area contributed by atoms with Gasteiger partial charge in [0.05, 0.1) is 5.75 Å². The third-order valence-electron chi connectivity index (χ3n) is 4.88. The minimum Gasteiger partial charge on any atom is -0.479 e. The molecule has 144 valence electrons. The van der Waals surface area contributed by atoms with Crippen LogP contribution in [0.2, 0.25) is 0 Å². The Labute approximate surface area is 154 Å². The van der Waals surface area contributed by atoms with E-state index in [2.05, 4.69) is 4.72 Å². The second-order valence-corrected chi connectivity index (χ2v) is 8.61. The number of amides is 1. The zero-order valence-electron chi connectivity index (χ0n) is 15.2. The summed E-state index contributed by atoms with van der Waals surface area (Å²) in [4.78, 5) is 26.1. The average Bonchev–Trinajstić information content (AvgIpc) is 2.60. The first-order valence-electron chi connectivity index (χ1n) is 8.84. The number of nitrogens with zero attached hydrogens (tertiary/aromatic N) is 1. The number of carboxylic acid groups (broad SMARTS) is 1. The number of sulfonamides is 1. The Morgan fingerprint density at radius 3 is 2.46 bits per heavy atom. The number of carbonyl (C=O) groups is 2. The highest BCUT2D eigenvalue weighted by atomic mass is 32.2. The van der Waals surface area contributed by atoms with Gasteiger partial charge < -0.3 is 10.0 Å². The molecule has 1 aliphatic rings. The van der Waals surface area contributed by atoms with Crippen molar-refractivity contribution in [3.05, 3.63) is 29.8 Å². The van der Waals surface area contributed by atoms with Crippen molar-refractivity contribution in [2.75, 3.05) is 17.5 Å². The largest absolute Gasteiger partial charge is 0.479 e. The second kappa shape index (κ2) is 8.07. The van der Waals surface area contributed by atoms with Gasteiger partial charge in [0.25, 0.3) is 5.91 Å². The number of carbonyl (C=O) groups excluding carboxylic acids is 1. The Bertz CT molecular complexity index is 770. The van der Waals surface area contributed by atoms with Crippen molar-refractivity contribution >= 4 is 27.6 Å². The number of carboxylic acids is 1. The number of nitrogens with one attached hydrogen (secondary N) is 1. The summed E-state index contributed by atoms with van der Waals surface area (Å²) < 4.78 is 26.3.